The van der Waals surface area contributed by atoms with E-state index < -0.39 is 0 Å². The first-order valence-corrected chi connectivity index (χ1v) is 4.54. The molecule has 4 heteroatoms. The Morgan fingerprint density at radius 1 is 1.50 bits per heavy atom. The second-order valence-electron chi connectivity index (χ2n) is 2.91. The topological polar surface area (TPSA) is 67.2 Å². The predicted molar refractivity (Wildman–Crippen MR) is 58.4 cm³/mol. The molecule has 0 bridgehead atoms. The standard InChI is InChI=1S/C10H15N3O/c1-3-13-9-6-7(10(14)12-2)4-5-8(9)11/h4-6,13H,3,11H2,1-2H3,(H,12,14). The Morgan fingerprint density at radius 3 is 2.79 bits per heavy atom. The zero-order chi connectivity index (χ0) is 10.6. The number of anilines is 2. The van der Waals surface area contributed by atoms with E-state index in [2.05, 4.69) is 10.6 Å². The first kappa shape index (κ1) is 10.4. The van der Waals surface area contributed by atoms with Crippen molar-refractivity contribution in [2.75, 3.05) is 24.6 Å². The Balaban J connectivity index is 2.99. The lowest BCUT2D eigenvalue weighted by atomic mass is 10.1. The summed E-state index contributed by atoms with van der Waals surface area (Å²) in [5, 5.41) is 5.65. The minimum atomic E-state index is -0.107. The van der Waals surface area contributed by atoms with Crippen LogP contribution in [0.2, 0.25) is 0 Å². The van der Waals surface area contributed by atoms with Gasteiger partial charge < -0.3 is 16.4 Å². The van der Waals surface area contributed by atoms with Gasteiger partial charge in [-0.15, -0.1) is 0 Å². The number of nitrogen functional groups attached to an aromatic ring is 1. The van der Waals surface area contributed by atoms with Crippen LogP contribution in [0, 0.1) is 0 Å². The molecule has 0 atom stereocenters. The summed E-state index contributed by atoms with van der Waals surface area (Å²) in [6.45, 7) is 2.76. The minimum Gasteiger partial charge on any atom is -0.397 e. The summed E-state index contributed by atoms with van der Waals surface area (Å²) < 4.78 is 0. The number of carbonyl (C=O) groups is 1. The number of benzene rings is 1. The molecule has 14 heavy (non-hydrogen) atoms. The van der Waals surface area contributed by atoms with Crippen molar-refractivity contribution < 1.29 is 4.79 Å². The maximum Gasteiger partial charge on any atom is 0.251 e. The molecule has 0 aliphatic heterocycles. The Morgan fingerprint density at radius 2 is 2.21 bits per heavy atom. The molecule has 0 spiro atoms. The van der Waals surface area contributed by atoms with Crippen molar-refractivity contribution in [3.8, 4) is 0 Å². The van der Waals surface area contributed by atoms with Crippen molar-refractivity contribution in [1.29, 1.82) is 0 Å². The van der Waals surface area contributed by atoms with Gasteiger partial charge >= 0.3 is 0 Å². The number of hydrogen-bond donors (Lipinski definition) is 3. The monoisotopic (exact) mass is 193 g/mol. The maximum absolute atomic E-state index is 11.3. The van der Waals surface area contributed by atoms with Crippen LogP contribution in [0.3, 0.4) is 0 Å². The molecule has 4 N–H and O–H groups in total. The normalized spacial score (nSPS) is 9.57. The van der Waals surface area contributed by atoms with Gasteiger partial charge in [0.15, 0.2) is 0 Å². The number of nitrogens with one attached hydrogen (secondary N) is 2. The highest BCUT2D eigenvalue weighted by atomic mass is 16.1. The molecule has 0 radical (unpaired) electrons. The van der Waals surface area contributed by atoms with E-state index in [0.717, 1.165) is 12.2 Å². The fourth-order valence-electron chi connectivity index (χ4n) is 1.19. The summed E-state index contributed by atoms with van der Waals surface area (Å²) in [6.07, 6.45) is 0. The summed E-state index contributed by atoms with van der Waals surface area (Å²) in [7, 11) is 1.60. The van der Waals surface area contributed by atoms with Crippen molar-refractivity contribution >= 4 is 17.3 Å². The summed E-state index contributed by atoms with van der Waals surface area (Å²) in [5.74, 6) is -0.107. The fourth-order valence-corrected chi connectivity index (χ4v) is 1.19. The quantitative estimate of drug-likeness (QED) is 0.629. The van der Waals surface area contributed by atoms with Crippen LogP contribution in [-0.2, 0) is 0 Å². The Kier molecular flexibility index (Phi) is 3.34. The van der Waals surface area contributed by atoms with E-state index in [-0.39, 0.29) is 5.91 Å². The van der Waals surface area contributed by atoms with Crippen LogP contribution in [0.5, 0.6) is 0 Å². The molecule has 76 valence electrons. The van der Waals surface area contributed by atoms with Gasteiger partial charge in [0.2, 0.25) is 0 Å². The Bertz CT molecular complexity index is 336. The number of hydrogen-bond acceptors (Lipinski definition) is 3. The first-order chi connectivity index (χ1) is 6.69. The molecule has 0 heterocycles. The fraction of sp³-hybridized carbons (Fsp3) is 0.300. The van der Waals surface area contributed by atoms with Gasteiger partial charge in [-0.2, -0.15) is 0 Å². The zero-order valence-corrected chi connectivity index (χ0v) is 8.42. The third kappa shape index (κ3) is 2.16. The van der Waals surface area contributed by atoms with Crippen molar-refractivity contribution in [3.05, 3.63) is 23.8 Å². The third-order valence-electron chi connectivity index (χ3n) is 1.91. The summed E-state index contributed by atoms with van der Waals surface area (Å²) in [6, 6.07) is 5.18. The molecule has 0 saturated heterocycles. The van der Waals surface area contributed by atoms with E-state index in [0.29, 0.717) is 11.3 Å². The molecule has 4 nitrogen and oxygen atoms in total. The third-order valence-corrected chi connectivity index (χ3v) is 1.91. The van der Waals surface area contributed by atoms with Gasteiger partial charge in [0.1, 0.15) is 0 Å². The highest BCUT2D eigenvalue weighted by molar-refractivity contribution is 5.95. The van der Waals surface area contributed by atoms with Gasteiger partial charge in [-0.1, -0.05) is 0 Å². The average molecular weight is 193 g/mol. The first-order valence-electron chi connectivity index (χ1n) is 4.54. The highest BCUT2D eigenvalue weighted by Crippen LogP contribution is 2.19. The smallest absolute Gasteiger partial charge is 0.251 e. The molecule has 0 unspecified atom stereocenters. The second-order valence-corrected chi connectivity index (χ2v) is 2.91. The molecular weight excluding hydrogens is 178 g/mol. The van der Waals surface area contributed by atoms with Crippen LogP contribution < -0.4 is 16.4 Å². The summed E-state index contributed by atoms with van der Waals surface area (Å²) >= 11 is 0. The molecule has 1 rings (SSSR count). The van der Waals surface area contributed by atoms with E-state index >= 15 is 0 Å². The van der Waals surface area contributed by atoms with Crippen LogP contribution in [0.15, 0.2) is 18.2 Å². The molecule has 0 aliphatic rings. The second kappa shape index (κ2) is 4.50. The Hall–Kier alpha value is -1.71. The van der Waals surface area contributed by atoms with E-state index in [1.54, 1.807) is 25.2 Å². The van der Waals surface area contributed by atoms with Crippen LogP contribution in [0.1, 0.15) is 17.3 Å². The molecule has 1 amide bonds. The molecule has 1 aromatic rings. The minimum absolute atomic E-state index is 0.107. The maximum atomic E-state index is 11.3. The lowest BCUT2D eigenvalue weighted by Crippen LogP contribution is -2.18. The van der Waals surface area contributed by atoms with Crippen LogP contribution in [0.4, 0.5) is 11.4 Å². The molecule has 1 aromatic carbocycles. The van der Waals surface area contributed by atoms with Crippen molar-refractivity contribution in [1.82, 2.24) is 5.32 Å². The molecule has 0 fully saturated rings. The highest BCUT2D eigenvalue weighted by Gasteiger charge is 2.05. The Labute approximate surface area is 83.5 Å². The van der Waals surface area contributed by atoms with E-state index in [9.17, 15) is 4.79 Å². The van der Waals surface area contributed by atoms with Gasteiger partial charge in [0, 0.05) is 19.2 Å². The van der Waals surface area contributed by atoms with E-state index in [1.165, 1.54) is 0 Å². The largest absolute Gasteiger partial charge is 0.397 e. The van der Waals surface area contributed by atoms with Crippen molar-refractivity contribution in [2.24, 2.45) is 0 Å². The van der Waals surface area contributed by atoms with E-state index in [4.69, 9.17) is 5.73 Å². The van der Waals surface area contributed by atoms with E-state index in [1.807, 2.05) is 6.92 Å². The van der Waals surface area contributed by atoms with Gasteiger partial charge in [0.25, 0.3) is 5.91 Å². The molecule has 0 aromatic heterocycles. The van der Waals surface area contributed by atoms with Gasteiger partial charge in [-0.05, 0) is 25.1 Å². The van der Waals surface area contributed by atoms with Crippen molar-refractivity contribution in [2.45, 2.75) is 6.92 Å². The van der Waals surface area contributed by atoms with Crippen LogP contribution >= 0.6 is 0 Å². The lowest BCUT2D eigenvalue weighted by molar-refractivity contribution is 0.0963. The molecular formula is C10H15N3O. The van der Waals surface area contributed by atoms with Gasteiger partial charge in [0.05, 0.1) is 11.4 Å². The number of rotatable bonds is 3. The van der Waals surface area contributed by atoms with Crippen LogP contribution in [0.25, 0.3) is 0 Å². The SMILES string of the molecule is CCNc1cc(C(=O)NC)ccc1N. The lowest BCUT2D eigenvalue weighted by Gasteiger charge is -2.08. The zero-order valence-electron chi connectivity index (χ0n) is 8.42. The summed E-state index contributed by atoms with van der Waals surface area (Å²) in [4.78, 5) is 11.3. The van der Waals surface area contributed by atoms with Gasteiger partial charge in [-0.25, -0.2) is 0 Å². The average Bonchev–Trinajstić information content (AvgIpc) is 2.20. The van der Waals surface area contributed by atoms with Crippen molar-refractivity contribution in [3.63, 3.8) is 0 Å². The number of nitrogens with two attached hydrogens (primary N) is 1. The number of carbonyl (C=O) groups excluding carboxylic acids is 1. The molecule has 0 saturated carbocycles. The molecule has 0 aliphatic carbocycles. The number of amides is 1. The predicted octanol–water partition coefficient (Wildman–Crippen LogP) is 1.06. The van der Waals surface area contributed by atoms with Gasteiger partial charge in [-0.3, -0.25) is 4.79 Å². The summed E-state index contributed by atoms with van der Waals surface area (Å²) in [5.41, 5.74) is 7.78. The van der Waals surface area contributed by atoms with Crippen LogP contribution in [-0.4, -0.2) is 19.5 Å².